The van der Waals surface area contributed by atoms with Crippen LogP contribution in [0.15, 0.2) is 16.7 Å². The Bertz CT molecular complexity index is 669. The quantitative estimate of drug-likeness (QED) is 0.651. The molecular formula is C10H11N5O2. The van der Waals surface area contributed by atoms with E-state index in [2.05, 4.69) is 15.0 Å². The summed E-state index contributed by atoms with van der Waals surface area (Å²) in [5.74, 6) is 0.443. The number of hydrogen-bond acceptors (Lipinski definition) is 5. The Morgan fingerprint density at radius 3 is 3.24 bits per heavy atom. The smallest absolute Gasteiger partial charge is 0.348 e. The summed E-state index contributed by atoms with van der Waals surface area (Å²) in [6, 6.07) is 0. The monoisotopic (exact) mass is 233 g/mol. The fourth-order valence-electron chi connectivity index (χ4n) is 1.79. The molecule has 1 fully saturated rings. The van der Waals surface area contributed by atoms with Gasteiger partial charge >= 0.3 is 5.69 Å². The molecule has 0 unspecified atom stereocenters. The fraction of sp³-hybridized carbons (Fsp3) is 0.300. The van der Waals surface area contributed by atoms with E-state index in [1.54, 1.807) is 10.9 Å². The van der Waals surface area contributed by atoms with E-state index >= 15 is 0 Å². The van der Waals surface area contributed by atoms with Crippen molar-refractivity contribution >= 4 is 23.2 Å². The summed E-state index contributed by atoms with van der Waals surface area (Å²) in [5, 5.41) is 8.95. The average molecular weight is 233 g/mol. The molecule has 2 heterocycles. The number of anilines is 1. The van der Waals surface area contributed by atoms with Crippen LogP contribution in [0.4, 0.5) is 5.82 Å². The first kappa shape index (κ1) is 10.0. The Morgan fingerprint density at radius 1 is 1.71 bits per heavy atom. The molecule has 1 aliphatic rings. The topological polar surface area (TPSA) is 110 Å². The zero-order chi connectivity index (χ0) is 12.0. The number of H-pyrrole nitrogens is 1. The standard InChI is InChI=1S/C10H11N5O2/c11-8-7-9(14-10(17)13-8)15(4-12-7)2-5-1-6(5)3-16/h2,4,6,16H,1,3H2,(H3,11,13,14,17)/b5-2-/t6-/m1/s1. The number of aromatic amines is 1. The lowest BCUT2D eigenvalue weighted by Gasteiger charge is -1.96. The maximum absolute atomic E-state index is 11.2. The first-order chi connectivity index (χ1) is 8.19. The Hall–Kier alpha value is -2.15. The van der Waals surface area contributed by atoms with Crippen LogP contribution in [0.5, 0.6) is 0 Å². The Labute approximate surface area is 95.6 Å². The van der Waals surface area contributed by atoms with Gasteiger partial charge in [-0.05, 0) is 12.0 Å². The van der Waals surface area contributed by atoms with Crippen LogP contribution in [0, 0.1) is 5.92 Å². The second-order valence-corrected chi connectivity index (χ2v) is 4.07. The zero-order valence-corrected chi connectivity index (χ0v) is 8.92. The predicted octanol–water partition coefficient (Wildman–Crippen LogP) is -0.445. The van der Waals surface area contributed by atoms with E-state index in [9.17, 15) is 4.79 Å². The van der Waals surface area contributed by atoms with Crippen molar-refractivity contribution in [2.24, 2.45) is 5.92 Å². The van der Waals surface area contributed by atoms with Gasteiger partial charge in [0.1, 0.15) is 17.7 Å². The van der Waals surface area contributed by atoms with Crippen molar-refractivity contribution in [1.82, 2.24) is 19.5 Å². The van der Waals surface area contributed by atoms with Gasteiger partial charge in [0, 0.05) is 18.7 Å². The summed E-state index contributed by atoms with van der Waals surface area (Å²) >= 11 is 0. The Morgan fingerprint density at radius 2 is 2.53 bits per heavy atom. The molecule has 3 rings (SSSR count). The van der Waals surface area contributed by atoms with Crippen LogP contribution in [-0.4, -0.2) is 31.2 Å². The largest absolute Gasteiger partial charge is 0.396 e. The van der Waals surface area contributed by atoms with Crippen molar-refractivity contribution in [2.45, 2.75) is 6.42 Å². The Kier molecular flexibility index (Phi) is 2.02. The SMILES string of the molecule is Nc1[nH]c(=O)nc2c1ncn2/C=C1/C[C@@H]1CO. The van der Waals surface area contributed by atoms with Crippen molar-refractivity contribution in [3.63, 3.8) is 0 Å². The minimum atomic E-state index is -0.496. The van der Waals surface area contributed by atoms with Crippen molar-refractivity contribution in [3.8, 4) is 0 Å². The molecule has 0 saturated heterocycles. The van der Waals surface area contributed by atoms with E-state index in [1.807, 2.05) is 6.20 Å². The maximum Gasteiger partial charge on any atom is 0.348 e. The van der Waals surface area contributed by atoms with Crippen LogP contribution >= 0.6 is 0 Å². The molecule has 4 N–H and O–H groups in total. The molecule has 0 aromatic carbocycles. The molecule has 2 aromatic rings. The van der Waals surface area contributed by atoms with Gasteiger partial charge in [-0.25, -0.2) is 9.78 Å². The fourth-order valence-corrected chi connectivity index (χ4v) is 1.79. The van der Waals surface area contributed by atoms with Crippen LogP contribution < -0.4 is 11.4 Å². The van der Waals surface area contributed by atoms with Gasteiger partial charge in [0.25, 0.3) is 0 Å². The van der Waals surface area contributed by atoms with E-state index in [-0.39, 0.29) is 18.3 Å². The van der Waals surface area contributed by atoms with E-state index < -0.39 is 5.69 Å². The molecule has 7 nitrogen and oxygen atoms in total. The van der Waals surface area contributed by atoms with Gasteiger partial charge in [-0.1, -0.05) is 0 Å². The van der Waals surface area contributed by atoms with E-state index in [0.717, 1.165) is 12.0 Å². The van der Waals surface area contributed by atoms with Gasteiger partial charge in [0.05, 0.1) is 0 Å². The van der Waals surface area contributed by atoms with Crippen LogP contribution in [0.1, 0.15) is 6.42 Å². The van der Waals surface area contributed by atoms with E-state index in [0.29, 0.717) is 11.2 Å². The number of nitrogens with one attached hydrogen (secondary N) is 1. The van der Waals surface area contributed by atoms with Crippen LogP contribution in [-0.2, 0) is 0 Å². The molecule has 88 valence electrons. The maximum atomic E-state index is 11.2. The third-order valence-corrected chi connectivity index (χ3v) is 2.84. The normalized spacial score (nSPS) is 21.2. The van der Waals surface area contributed by atoms with Gasteiger partial charge in [-0.3, -0.25) is 9.55 Å². The molecule has 1 aliphatic carbocycles. The van der Waals surface area contributed by atoms with E-state index in [1.165, 1.54) is 0 Å². The highest BCUT2D eigenvalue weighted by atomic mass is 16.3. The molecule has 7 heteroatoms. The number of fused-ring (bicyclic) bond motifs is 1. The van der Waals surface area contributed by atoms with Gasteiger partial charge in [-0.2, -0.15) is 4.98 Å². The third kappa shape index (κ3) is 1.60. The van der Waals surface area contributed by atoms with Crippen LogP contribution in [0.3, 0.4) is 0 Å². The molecule has 1 saturated carbocycles. The van der Waals surface area contributed by atoms with Gasteiger partial charge in [0.2, 0.25) is 0 Å². The number of aromatic nitrogens is 4. The molecule has 17 heavy (non-hydrogen) atoms. The number of nitrogen functional groups attached to an aromatic ring is 1. The van der Waals surface area contributed by atoms with Gasteiger partial charge in [-0.15, -0.1) is 0 Å². The summed E-state index contributed by atoms with van der Waals surface area (Å²) in [6.45, 7) is 0.147. The van der Waals surface area contributed by atoms with Crippen molar-refractivity contribution < 1.29 is 5.11 Å². The van der Waals surface area contributed by atoms with Crippen molar-refractivity contribution in [3.05, 3.63) is 22.4 Å². The minimum absolute atomic E-state index is 0.147. The number of nitrogens with two attached hydrogens (primary N) is 1. The highest BCUT2D eigenvalue weighted by Gasteiger charge is 2.28. The molecule has 2 aromatic heterocycles. The predicted molar refractivity (Wildman–Crippen MR) is 62.0 cm³/mol. The average Bonchev–Trinajstić information content (AvgIpc) is 2.92. The lowest BCUT2D eigenvalue weighted by Crippen LogP contribution is -2.13. The number of aliphatic hydroxyl groups excluding tert-OH is 1. The molecule has 0 radical (unpaired) electrons. The van der Waals surface area contributed by atoms with Gasteiger partial charge in [0.15, 0.2) is 5.65 Å². The number of rotatable bonds is 2. The third-order valence-electron chi connectivity index (χ3n) is 2.84. The zero-order valence-electron chi connectivity index (χ0n) is 8.92. The summed E-state index contributed by atoms with van der Waals surface area (Å²) in [7, 11) is 0. The molecule has 0 aliphatic heterocycles. The molecule has 0 spiro atoms. The second-order valence-electron chi connectivity index (χ2n) is 4.07. The van der Waals surface area contributed by atoms with E-state index in [4.69, 9.17) is 10.8 Å². The number of nitrogens with zero attached hydrogens (tertiary/aromatic N) is 3. The van der Waals surface area contributed by atoms with Crippen LogP contribution in [0.2, 0.25) is 0 Å². The summed E-state index contributed by atoms with van der Waals surface area (Å²) in [6.07, 6.45) is 4.26. The highest BCUT2D eigenvalue weighted by Crippen LogP contribution is 2.37. The first-order valence-electron chi connectivity index (χ1n) is 5.23. The Balaban J connectivity index is 2.13. The minimum Gasteiger partial charge on any atom is -0.396 e. The molecular weight excluding hydrogens is 222 g/mol. The lowest BCUT2D eigenvalue weighted by molar-refractivity contribution is 0.281. The second kappa shape index (κ2) is 3.42. The summed E-state index contributed by atoms with van der Waals surface area (Å²) in [4.78, 5) is 21.5. The summed E-state index contributed by atoms with van der Waals surface area (Å²) in [5.41, 5.74) is 7.17. The summed E-state index contributed by atoms with van der Waals surface area (Å²) < 4.78 is 1.66. The first-order valence-corrected chi connectivity index (χ1v) is 5.23. The highest BCUT2D eigenvalue weighted by molar-refractivity contribution is 5.82. The number of aliphatic hydroxyl groups is 1. The van der Waals surface area contributed by atoms with Crippen molar-refractivity contribution in [1.29, 1.82) is 0 Å². The van der Waals surface area contributed by atoms with Gasteiger partial charge < -0.3 is 10.8 Å². The van der Waals surface area contributed by atoms with Crippen molar-refractivity contribution in [2.75, 3.05) is 12.3 Å². The molecule has 0 bridgehead atoms. The molecule has 0 amide bonds. The number of hydrogen-bond donors (Lipinski definition) is 3. The lowest BCUT2D eigenvalue weighted by atomic mass is 10.4. The molecule has 1 atom stereocenters. The van der Waals surface area contributed by atoms with Crippen LogP contribution in [0.25, 0.3) is 17.4 Å². The number of imidazole rings is 1.